The number of nitrogens with one attached hydrogen (secondary N) is 1. The highest BCUT2D eigenvalue weighted by Gasteiger charge is 2.25. The second-order valence-electron chi connectivity index (χ2n) is 5.49. The summed E-state index contributed by atoms with van der Waals surface area (Å²) < 4.78 is 5.38. The zero-order valence-electron chi connectivity index (χ0n) is 12.6. The standard InChI is InChI=1S/C16H24N2O2/c1-12(14-6-4-5-7-15(14)20-3)10-16(19)18-9-8-17-11-13(18)2/h4-7,12-13,17H,8-11H2,1-3H3/t12-,13-/m0/s1. The summed E-state index contributed by atoms with van der Waals surface area (Å²) in [4.78, 5) is 14.4. The van der Waals surface area contributed by atoms with E-state index < -0.39 is 0 Å². The third-order valence-corrected chi connectivity index (χ3v) is 3.97. The maximum atomic E-state index is 12.4. The van der Waals surface area contributed by atoms with E-state index in [9.17, 15) is 4.79 Å². The first kappa shape index (κ1) is 14.9. The van der Waals surface area contributed by atoms with Gasteiger partial charge >= 0.3 is 0 Å². The Kier molecular flexibility index (Phi) is 5.01. The Balaban J connectivity index is 2.03. The van der Waals surface area contributed by atoms with Gasteiger partial charge in [-0.1, -0.05) is 25.1 Å². The minimum atomic E-state index is 0.167. The molecule has 1 aliphatic rings. The molecule has 0 bridgehead atoms. The summed E-state index contributed by atoms with van der Waals surface area (Å²) in [6.45, 7) is 6.76. The lowest BCUT2D eigenvalue weighted by Crippen LogP contribution is -2.52. The van der Waals surface area contributed by atoms with E-state index >= 15 is 0 Å². The van der Waals surface area contributed by atoms with Gasteiger partial charge in [-0.3, -0.25) is 4.79 Å². The zero-order chi connectivity index (χ0) is 14.5. The van der Waals surface area contributed by atoms with E-state index in [1.807, 2.05) is 29.2 Å². The highest BCUT2D eigenvalue weighted by molar-refractivity contribution is 5.77. The van der Waals surface area contributed by atoms with Gasteiger partial charge in [0, 0.05) is 32.1 Å². The van der Waals surface area contributed by atoms with Crippen molar-refractivity contribution >= 4 is 5.91 Å². The van der Waals surface area contributed by atoms with Crippen molar-refractivity contribution in [2.75, 3.05) is 26.7 Å². The van der Waals surface area contributed by atoms with Crippen LogP contribution in [0.2, 0.25) is 0 Å². The van der Waals surface area contributed by atoms with Gasteiger partial charge in [0.2, 0.25) is 5.91 Å². The molecule has 0 aliphatic carbocycles. The molecular weight excluding hydrogens is 252 g/mol. The number of nitrogens with zero attached hydrogens (tertiary/aromatic N) is 1. The van der Waals surface area contributed by atoms with Crippen molar-refractivity contribution in [1.29, 1.82) is 0 Å². The number of amides is 1. The van der Waals surface area contributed by atoms with Crippen LogP contribution in [0.25, 0.3) is 0 Å². The van der Waals surface area contributed by atoms with Gasteiger partial charge in [-0.25, -0.2) is 0 Å². The van der Waals surface area contributed by atoms with Crippen LogP contribution in [0.5, 0.6) is 5.75 Å². The number of piperazine rings is 1. The third-order valence-electron chi connectivity index (χ3n) is 3.97. The largest absolute Gasteiger partial charge is 0.496 e. The molecule has 1 N–H and O–H groups in total. The third kappa shape index (κ3) is 3.31. The molecule has 1 heterocycles. The summed E-state index contributed by atoms with van der Waals surface area (Å²) >= 11 is 0. The van der Waals surface area contributed by atoms with Gasteiger partial charge in [-0.05, 0) is 24.5 Å². The second-order valence-corrected chi connectivity index (χ2v) is 5.49. The molecule has 1 aromatic rings. The topological polar surface area (TPSA) is 41.6 Å². The predicted octanol–water partition coefficient (Wildman–Crippen LogP) is 2.01. The fraction of sp³-hybridized carbons (Fsp3) is 0.562. The smallest absolute Gasteiger partial charge is 0.223 e. The Labute approximate surface area is 121 Å². The lowest BCUT2D eigenvalue weighted by molar-refractivity contribution is -0.134. The highest BCUT2D eigenvalue weighted by Crippen LogP contribution is 2.29. The van der Waals surface area contributed by atoms with Gasteiger partial charge in [-0.2, -0.15) is 0 Å². The Bertz CT molecular complexity index is 462. The maximum absolute atomic E-state index is 12.4. The number of rotatable bonds is 4. The van der Waals surface area contributed by atoms with E-state index in [2.05, 4.69) is 19.2 Å². The van der Waals surface area contributed by atoms with Crippen LogP contribution >= 0.6 is 0 Å². The summed E-state index contributed by atoms with van der Waals surface area (Å²) in [6.07, 6.45) is 0.532. The molecule has 1 fully saturated rings. The zero-order valence-corrected chi connectivity index (χ0v) is 12.6. The molecule has 1 aromatic carbocycles. The Hall–Kier alpha value is -1.55. The van der Waals surface area contributed by atoms with E-state index in [1.54, 1.807) is 7.11 Å². The molecule has 2 rings (SSSR count). The molecule has 0 saturated carbocycles. The van der Waals surface area contributed by atoms with Crippen LogP contribution < -0.4 is 10.1 Å². The number of hydrogen-bond donors (Lipinski definition) is 1. The minimum absolute atomic E-state index is 0.167. The number of hydrogen-bond acceptors (Lipinski definition) is 3. The SMILES string of the molecule is COc1ccccc1[C@@H](C)CC(=O)N1CCNC[C@@H]1C. The molecule has 1 saturated heterocycles. The quantitative estimate of drug-likeness (QED) is 0.914. The minimum Gasteiger partial charge on any atom is -0.496 e. The van der Waals surface area contributed by atoms with Crippen molar-refractivity contribution in [1.82, 2.24) is 10.2 Å². The molecule has 20 heavy (non-hydrogen) atoms. The van der Waals surface area contributed by atoms with E-state index in [0.717, 1.165) is 30.9 Å². The lowest BCUT2D eigenvalue weighted by atomic mass is 9.95. The van der Waals surface area contributed by atoms with Crippen LogP contribution in [0.4, 0.5) is 0 Å². The average molecular weight is 276 g/mol. The average Bonchev–Trinajstić information content (AvgIpc) is 2.47. The van der Waals surface area contributed by atoms with Crippen molar-refractivity contribution < 1.29 is 9.53 Å². The van der Waals surface area contributed by atoms with E-state index in [1.165, 1.54) is 0 Å². The number of para-hydroxylation sites is 1. The number of ether oxygens (including phenoxy) is 1. The monoisotopic (exact) mass is 276 g/mol. The van der Waals surface area contributed by atoms with Gasteiger partial charge in [0.15, 0.2) is 0 Å². The normalized spacial score (nSPS) is 20.6. The molecule has 1 amide bonds. The molecule has 4 nitrogen and oxygen atoms in total. The Morgan fingerprint density at radius 3 is 2.95 bits per heavy atom. The molecular formula is C16H24N2O2. The van der Waals surface area contributed by atoms with Crippen LogP contribution in [0.3, 0.4) is 0 Å². The van der Waals surface area contributed by atoms with Gasteiger partial charge in [-0.15, -0.1) is 0 Å². The molecule has 1 aliphatic heterocycles. The van der Waals surface area contributed by atoms with Crippen LogP contribution in [0.1, 0.15) is 31.7 Å². The van der Waals surface area contributed by atoms with Gasteiger partial charge in [0.05, 0.1) is 7.11 Å². The van der Waals surface area contributed by atoms with Crippen LogP contribution in [-0.4, -0.2) is 43.6 Å². The first-order valence-corrected chi connectivity index (χ1v) is 7.26. The summed E-state index contributed by atoms with van der Waals surface area (Å²) in [7, 11) is 1.67. The van der Waals surface area contributed by atoms with Crippen LogP contribution in [0.15, 0.2) is 24.3 Å². The van der Waals surface area contributed by atoms with E-state index in [0.29, 0.717) is 6.42 Å². The molecule has 0 unspecified atom stereocenters. The van der Waals surface area contributed by atoms with Gasteiger partial charge < -0.3 is 15.0 Å². The lowest BCUT2D eigenvalue weighted by Gasteiger charge is -2.34. The highest BCUT2D eigenvalue weighted by atomic mass is 16.5. The Morgan fingerprint density at radius 2 is 2.25 bits per heavy atom. The number of carbonyl (C=O) groups excluding carboxylic acids is 1. The second kappa shape index (κ2) is 6.75. The summed E-state index contributed by atoms with van der Waals surface area (Å²) in [6, 6.07) is 8.21. The fourth-order valence-corrected chi connectivity index (χ4v) is 2.77. The first-order valence-electron chi connectivity index (χ1n) is 7.26. The van der Waals surface area contributed by atoms with Crippen LogP contribution in [-0.2, 0) is 4.79 Å². The molecule has 2 atom stereocenters. The summed E-state index contributed by atoms with van der Waals surface area (Å²) in [5, 5.41) is 3.31. The Morgan fingerprint density at radius 1 is 1.50 bits per heavy atom. The molecule has 110 valence electrons. The molecule has 0 spiro atoms. The number of methoxy groups -OCH3 is 1. The van der Waals surface area contributed by atoms with Gasteiger partial charge in [0.25, 0.3) is 0 Å². The maximum Gasteiger partial charge on any atom is 0.223 e. The van der Waals surface area contributed by atoms with Crippen molar-refractivity contribution in [3.63, 3.8) is 0 Å². The number of carbonyl (C=O) groups is 1. The molecule has 0 radical (unpaired) electrons. The predicted molar refractivity (Wildman–Crippen MR) is 80.1 cm³/mol. The van der Waals surface area contributed by atoms with Crippen molar-refractivity contribution in [3.05, 3.63) is 29.8 Å². The molecule has 4 heteroatoms. The van der Waals surface area contributed by atoms with Crippen LogP contribution in [0, 0.1) is 0 Å². The number of benzene rings is 1. The van der Waals surface area contributed by atoms with Crippen molar-refractivity contribution in [3.8, 4) is 5.75 Å². The fourth-order valence-electron chi connectivity index (χ4n) is 2.77. The van der Waals surface area contributed by atoms with Crippen molar-refractivity contribution in [2.24, 2.45) is 0 Å². The van der Waals surface area contributed by atoms with Gasteiger partial charge in [0.1, 0.15) is 5.75 Å². The summed E-state index contributed by atoms with van der Waals surface area (Å²) in [5.74, 6) is 1.26. The first-order chi connectivity index (χ1) is 9.63. The van der Waals surface area contributed by atoms with E-state index in [-0.39, 0.29) is 17.9 Å². The molecule has 0 aromatic heterocycles. The van der Waals surface area contributed by atoms with E-state index in [4.69, 9.17) is 4.74 Å². The summed E-state index contributed by atoms with van der Waals surface area (Å²) in [5.41, 5.74) is 1.10. The van der Waals surface area contributed by atoms with Crippen molar-refractivity contribution in [2.45, 2.75) is 32.2 Å².